The van der Waals surface area contributed by atoms with E-state index in [1.165, 1.54) is 6.07 Å². The van der Waals surface area contributed by atoms with Crippen LogP contribution in [-0.2, 0) is 27.9 Å². The Morgan fingerprint density at radius 2 is 1.79 bits per heavy atom. The predicted molar refractivity (Wildman–Crippen MR) is 47.0 cm³/mol. The van der Waals surface area contributed by atoms with Crippen LogP contribution < -0.4 is 0 Å². The Hall–Kier alpha value is -0.450. The number of rotatable bonds is 5. The largest absolute Gasteiger partial charge is 0.374 e. The average Bonchev–Trinajstić information content (AvgIpc) is 2.11. The Morgan fingerprint density at radius 1 is 1.36 bits per heavy atom. The van der Waals surface area contributed by atoms with Gasteiger partial charge < -0.3 is 9.05 Å². The molecule has 7 nitrogen and oxygen atoms in total. The highest BCUT2D eigenvalue weighted by Crippen LogP contribution is 2.52. The van der Waals surface area contributed by atoms with E-state index in [1.54, 1.807) is 0 Å². The molecule has 0 aromatic carbocycles. The van der Waals surface area contributed by atoms with Gasteiger partial charge in [-0.2, -0.15) is 13.7 Å². The molecule has 0 bridgehead atoms. The van der Waals surface area contributed by atoms with Gasteiger partial charge in [0.25, 0.3) is 16.0 Å². The average molecular weight is 243 g/mol. The third kappa shape index (κ3) is 3.74. The number of hydrogen-bond acceptors (Lipinski definition) is 7. The molecule has 14 heavy (non-hydrogen) atoms. The Morgan fingerprint density at radius 3 is 2.00 bits per heavy atom. The predicted octanol–water partition coefficient (Wildman–Crippen LogP) is 0.298. The van der Waals surface area contributed by atoms with Crippen molar-refractivity contribution in [1.29, 1.82) is 5.26 Å². The monoisotopic (exact) mass is 243 g/mol. The maximum atomic E-state index is 11.5. The topological polar surface area (TPSA) is 103 Å². The molecule has 9 heteroatoms. The molecular formula is C5H10NO6PS. The molecule has 0 fully saturated rings. The van der Waals surface area contributed by atoms with Crippen LogP contribution in [0.2, 0.25) is 0 Å². The molecule has 0 aliphatic heterocycles. The zero-order chi connectivity index (χ0) is 11.4. The Kier molecular flexibility index (Phi) is 4.71. The lowest BCUT2D eigenvalue weighted by Crippen LogP contribution is -2.17. The van der Waals surface area contributed by atoms with Crippen molar-refractivity contribution in [2.45, 2.75) is 5.85 Å². The van der Waals surface area contributed by atoms with E-state index in [4.69, 9.17) is 5.26 Å². The number of nitrogens with zero attached hydrogens (tertiary/aromatic N) is 1. The summed E-state index contributed by atoms with van der Waals surface area (Å²) >= 11 is 0. The second-order valence-electron chi connectivity index (χ2n) is 2.19. The van der Waals surface area contributed by atoms with Gasteiger partial charge in [0.1, 0.15) is 6.07 Å². The second kappa shape index (κ2) is 4.87. The molecule has 1 atom stereocenters. The summed E-state index contributed by atoms with van der Waals surface area (Å²) in [7, 11) is -5.69. The minimum absolute atomic E-state index is 0.729. The molecule has 0 aliphatic carbocycles. The van der Waals surface area contributed by atoms with Crippen molar-refractivity contribution >= 4 is 17.7 Å². The van der Waals surface area contributed by atoms with Crippen LogP contribution in [0.3, 0.4) is 0 Å². The van der Waals surface area contributed by atoms with Crippen molar-refractivity contribution in [2.24, 2.45) is 0 Å². The zero-order valence-electron chi connectivity index (χ0n) is 7.83. The van der Waals surface area contributed by atoms with E-state index in [0.717, 1.165) is 20.5 Å². The molecule has 0 N–H and O–H groups in total. The van der Waals surface area contributed by atoms with Crippen LogP contribution in [0.25, 0.3) is 0 Å². The summed E-state index contributed by atoms with van der Waals surface area (Å²) in [5.41, 5.74) is 0. The third-order valence-electron chi connectivity index (χ3n) is 1.17. The second-order valence-corrected chi connectivity index (χ2v) is 6.07. The summed E-state index contributed by atoms with van der Waals surface area (Å²) < 4.78 is 45.9. The van der Waals surface area contributed by atoms with E-state index in [1.807, 2.05) is 0 Å². The first-order valence-electron chi connectivity index (χ1n) is 3.28. The van der Waals surface area contributed by atoms with Gasteiger partial charge in [-0.1, -0.05) is 0 Å². The maximum absolute atomic E-state index is 11.5. The molecule has 0 saturated carbocycles. The van der Waals surface area contributed by atoms with Crippen LogP contribution in [0, 0.1) is 11.3 Å². The van der Waals surface area contributed by atoms with Gasteiger partial charge in [0.15, 0.2) is 0 Å². The van der Waals surface area contributed by atoms with Crippen molar-refractivity contribution in [1.82, 2.24) is 0 Å². The molecule has 0 spiro atoms. The van der Waals surface area contributed by atoms with E-state index in [0.29, 0.717) is 0 Å². The Balaban J connectivity index is 4.93. The number of nitriles is 1. The van der Waals surface area contributed by atoms with Crippen molar-refractivity contribution in [2.75, 3.05) is 20.5 Å². The van der Waals surface area contributed by atoms with Crippen molar-refractivity contribution in [3.8, 4) is 6.07 Å². The van der Waals surface area contributed by atoms with E-state index in [2.05, 4.69) is 13.2 Å². The fourth-order valence-corrected chi connectivity index (χ4v) is 2.51. The minimum atomic E-state index is -3.89. The Bertz CT molecular complexity index is 362. The first kappa shape index (κ1) is 13.5. The van der Waals surface area contributed by atoms with E-state index in [-0.39, 0.29) is 0 Å². The first-order chi connectivity index (χ1) is 6.29. The maximum Gasteiger partial charge on any atom is 0.374 e. The van der Waals surface area contributed by atoms with Gasteiger partial charge in [-0.15, -0.1) is 0 Å². The molecule has 0 aliphatic rings. The molecule has 0 aromatic heterocycles. The lowest BCUT2D eigenvalue weighted by Gasteiger charge is -2.17. The fourth-order valence-electron chi connectivity index (χ4n) is 0.577. The van der Waals surface area contributed by atoms with Crippen LogP contribution in [-0.4, -0.2) is 34.7 Å². The summed E-state index contributed by atoms with van der Waals surface area (Å²) in [6, 6.07) is 1.39. The molecule has 0 rings (SSSR count). The smallest absolute Gasteiger partial charge is 0.309 e. The van der Waals surface area contributed by atoms with Crippen LogP contribution in [0.4, 0.5) is 0 Å². The molecule has 82 valence electrons. The summed E-state index contributed by atoms with van der Waals surface area (Å²) in [6.45, 7) is 0. The van der Waals surface area contributed by atoms with Crippen LogP contribution >= 0.6 is 7.60 Å². The Labute approximate surface area is 82.2 Å². The van der Waals surface area contributed by atoms with Gasteiger partial charge in [-0.25, -0.2) is 4.18 Å². The quantitative estimate of drug-likeness (QED) is 0.505. The van der Waals surface area contributed by atoms with Gasteiger partial charge in [0.2, 0.25) is 0 Å². The SMILES string of the molecule is COP(=O)(OC)C(C#N)OS(C)(=O)=O. The minimum Gasteiger partial charge on any atom is -0.309 e. The molecule has 0 heterocycles. The van der Waals surface area contributed by atoms with Crippen molar-refractivity contribution < 1.29 is 26.2 Å². The lowest BCUT2D eigenvalue weighted by molar-refractivity contribution is 0.219. The van der Waals surface area contributed by atoms with Gasteiger partial charge in [-0.05, 0) is 0 Å². The lowest BCUT2D eigenvalue weighted by atomic mass is 10.8. The third-order valence-corrected chi connectivity index (χ3v) is 3.67. The highest BCUT2D eigenvalue weighted by atomic mass is 32.2. The van der Waals surface area contributed by atoms with E-state index < -0.39 is 23.6 Å². The first-order valence-corrected chi connectivity index (χ1v) is 6.71. The standard InChI is InChI=1S/C5H10NO6PS/c1-10-13(7,11-2)5(4-6)12-14(3,8)9/h5H,1-3H3. The van der Waals surface area contributed by atoms with E-state index in [9.17, 15) is 13.0 Å². The van der Waals surface area contributed by atoms with Crippen molar-refractivity contribution in [3.63, 3.8) is 0 Å². The highest BCUT2D eigenvalue weighted by molar-refractivity contribution is 7.86. The van der Waals surface area contributed by atoms with E-state index >= 15 is 0 Å². The zero-order valence-corrected chi connectivity index (χ0v) is 9.54. The van der Waals surface area contributed by atoms with Crippen molar-refractivity contribution in [3.05, 3.63) is 0 Å². The van der Waals surface area contributed by atoms with Gasteiger partial charge in [0, 0.05) is 14.2 Å². The molecule has 1 unspecified atom stereocenters. The van der Waals surface area contributed by atoms with Crippen LogP contribution in [0.15, 0.2) is 0 Å². The summed E-state index contributed by atoms with van der Waals surface area (Å²) in [5, 5.41) is 8.52. The summed E-state index contributed by atoms with van der Waals surface area (Å²) in [6.07, 6.45) is 0.729. The van der Waals surface area contributed by atoms with Crippen LogP contribution in [0.5, 0.6) is 0 Å². The highest BCUT2D eigenvalue weighted by Gasteiger charge is 2.38. The van der Waals surface area contributed by atoms with Gasteiger partial charge in [-0.3, -0.25) is 4.57 Å². The van der Waals surface area contributed by atoms with Gasteiger partial charge in [0.05, 0.1) is 6.26 Å². The van der Waals surface area contributed by atoms with Crippen LogP contribution in [0.1, 0.15) is 0 Å². The summed E-state index contributed by atoms with van der Waals surface area (Å²) in [5.74, 6) is -1.78. The summed E-state index contributed by atoms with van der Waals surface area (Å²) in [4.78, 5) is 0. The molecule has 0 saturated heterocycles. The molecule has 0 amide bonds. The number of hydrogen-bond donors (Lipinski definition) is 0. The van der Waals surface area contributed by atoms with Gasteiger partial charge >= 0.3 is 7.60 Å². The molecular weight excluding hydrogens is 233 g/mol. The molecule has 0 radical (unpaired) electrons. The molecule has 0 aromatic rings. The normalized spacial score (nSPS) is 14.7. The fraction of sp³-hybridized carbons (Fsp3) is 0.800.